The van der Waals surface area contributed by atoms with Crippen LogP contribution in [0.15, 0.2) is 60.4 Å². The number of nitrogens with zero attached hydrogens (tertiary/aromatic N) is 2. The van der Waals surface area contributed by atoms with Crippen molar-refractivity contribution in [2.45, 2.75) is 6.54 Å². The lowest BCUT2D eigenvalue weighted by atomic mass is 9.98. The van der Waals surface area contributed by atoms with Crippen molar-refractivity contribution in [1.82, 2.24) is 9.99 Å². The van der Waals surface area contributed by atoms with Gasteiger partial charge in [0.1, 0.15) is 17.2 Å². The van der Waals surface area contributed by atoms with Crippen LogP contribution in [0.5, 0.6) is 0 Å². The average Bonchev–Trinajstić information content (AvgIpc) is 2.67. The first-order valence-corrected chi connectivity index (χ1v) is 8.46. The summed E-state index contributed by atoms with van der Waals surface area (Å²) in [6, 6.07) is 12.7. The number of carbonyl (C=O) groups is 2. The lowest BCUT2D eigenvalue weighted by Gasteiger charge is -2.15. The monoisotopic (exact) mass is 395 g/mol. The van der Waals surface area contributed by atoms with E-state index in [1.165, 1.54) is 12.1 Å². The molecule has 3 rings (SSSR count). The smallest absolute Gasteiger partial charge is 0.353 e. The van der Waals surface area contributed by atoms with Crippen molar-refractivity contribution in [2.75, 3.05) is 0 Å². The molecule has 9 heteroatoms. The standard InChI is InChI=1S/C20H18FN5O3/c21-13-4-2-12(3-5-13)15-8-18(19(23)27)25-17-7-11(1-6-14(15)17)9-26(24)10-16(22)20(28)29/h1-8,10H,9,22,24H2,(H2,23,27)(H,28,29)/b16-10-. The molecule has 0 atom stereocenters. The minimum absolute atomic E-state index is 0.0635. The highest BCUT2D eigenvalue weighted by molar-refractivity contribution is 6.00. The molecule has 1 amide bonds. The van der Waals surface area contributed by atoms with Crippen LogP contribution in [0.25, 0.3) is 22.0 Å². The SMILES string of the molecule is NC(=O)c1cc(-c2ccc(F)cc2)c2ccc(CN(N)/C=C(\N)C(=O)O)cc2n1. The van der Waals surface area contributed by atoms with E-state index >= 15 is 0 Å². The molecule has 0 saturated heterocycles. The molecule has 2 aromatic carbocycles. The summed E-state index contributed by atoms with van der Waals surface area (Å²) in [7, 11) is 0. The van der Waals surface area contributed by atoms with Gasteiger partial charge in [0.2, 0.25) is 0 Å². The summed E-state index contributed by atoms with van der Waals surface area (Å²) in [4.78, 5) is 26.8. The number of hydrazine groups is 1. The number of aliphatic carboxylic acids is 1. The van der Waals surface area contributed by atoms with Crippen LogP contribution in [-0.4, -0.2) is 27.0 Å². The molecule has 148 valence electrons. The normalized spacial score (nSPS) is 11.4. The molecule has 3 aromatic rings. The van der Waals surface area contributed by atoms with Gasteiger partial charge in [-0.25, -0.2) is 20.0 Å². The molecule has 0 aliphatic heterocycles. The predicted molar refractivity (Wildman–Crippen MR) is 105 cm³/mol. The van der Waals surface area contributed by atoms with Crippen molar-refractivity contribution >= 4 is 22.8 Å². The third kappa shape index (κ3) is 4.47. The maximum Gasteiger partial charge on any atom is 0.353 e. The van der Waals surface area contributed by atoms with E-state index in [0.717, 1.165) is 16.6 Å². The maximum absolute atomic E-state index is 13.3. The molecule has 29 heavy (non-hydrogen) atoms. The zero-order valence-corrected chi connectivity index (χ0v) is 15.2. The first-order valence-electron chi connectivity index (χ1n) is 8.46. The van der Waals surface area contributed by atoms with Crippen LogP contribution in [0, 0.1) is 5.82 Å². The summed E-state index contributed by atoms with van der Waals surface area (Å²) in [6.45, 7) is 0.151. The van der Waals surface area contributed by atoms with E-state index in [2.05, 4.69) is 4.98 Å². The number of hydrogen-bond donors (Lipinski definition) is 4. The lowest BCUT2D eigenvalue weighted by molar-refractivity contribution is -0.132. The zero-order chi connectivity index (χ0) is 21.1. The van der Waals surface area contributed by atoms with Crippen LogP contribution in [0.1, 0.15) is 16.1 Å². The average molecular weight is 395 g/mol. The first-order chi connectivity index (χ1) is 13.7. The van der Waals surface area contributed by atoms with Crippen LogP contribution in [-0.2, 0) is 11.3 Å². The molecule has 7 N–H and O–H groups in total. The lowest BCUT2D eigenvalue weighted by Crippen LogP contribution is -2.27. The van der Waals surface area contributed by atoms with Crippen LogP contribution < -0.4 is 17.3 Å². The molecule has 1 heterocycles. The molecule has 0 unspecified atom stereocenters. The number of hydrogen-bond acceptors (Lipinski definition) is 6. The molecule has 1 aromatic heterocycles. The quantitative estimate of drug-likeness (QED) is 0.282. The highest BCUT2D eigenvalue weighted by atomic mass is 19.1. The molecule has 0 spiro atoms. The number of carbonyl (C=O) groups excluding carboxylic acids is 1. The zero-order valence-electron chi connectivity index (χ0n) is 15.2. The van der Waals surface area contributed by atoms with Gasteiger partial charge in [0.15, 0.2) is 0 Å². The Hall–Kier alpha value is -3.98. The minimum atomic E-state index is -1.28. The van der Waals surface area contributed by atoms with E-state index < -0.39 is 17.6 Å². The van der Waals surface area contributed by atoms with Crippen LogP contribution >= 0.6 is 0 Å². The minimum Gasteiger partial charge on any atom is -0.477 e. The Morgan fingerprint density at radius 1 is 1.10 bits per heavy atom. The highest BCUT2D eigenvalue weighted by Crippen LogP contribution is 2.29. The van der Waals surface area contributed by atoms with Crippen molar-refractivity contribution in [1.29, 1.82) is 0 Å². The van der Waals surface area contributed by atoms with E-state index in [-0.39, 0.29) is 18.1 Å². The molecule has 0 fully saturated rings. The summed E-state index contributed by atoms with van der Waals surface area (Å²) in [5, 5.41) is 10.7. The van der Waals surface area contributed by atoms with Gasteiger partial charge in [-0.05, 0) is 41.0 Å². The third-order valence-corrected chi connectivity index (χ3v) is 4.20. The summed E-state index contributed by atoms with van der Waals surface area (Å²) in [5.74, 6) is 3.43. The van der Waals surface area contributed by atoms with Gasteiger partial charge in [0, 0.05) is 11.6 Å². The van der Waals surface area contributed by atoms with Gasteiger partial charge in [-0.15, -0.1) is 0 Å². The topological polar surface area (TPSA) is 149 Å². The molecule has 0 aliphatic carbocycles. The molecular weight excluding hydrogens is 377 g/mol. The summed E-state index contributed by atoms with van der Waals surface area (Å²) in [6.07, 6.45) is 1.10. The van der Waals surface area contributed by atoms with Crippen molar-refractivity contribution in [3.05, 3.63) is 77.5 Å². The summed E-state index contributed by atoms with van der Waals surface area (Å²) in [5.41, 5.74) is 13.0. The van der Waals surface area contributed by atoms with Gasteiger partial charge in [-0.1, -0.05) is 24.3 Å². The molecule has 8 nitrogen and oxygen atoms in total. The Morgan fingerprint density at radius 2 is 1.79 bits per heavy atom. The number of carboxylic acids is 1. The number of pyridine rings is 1. The number of rotatable bonds is 6. The van der Waals surface area contributed by atoms with Gasteiger partial charge in [0.05, 0.1) is 12.1 Å². The molecule has 0 bridgehead atoms. The summed E-state index contributed by atoms with van der Waals surface area (Å²) >= 11 is 0. The van der Waals surface area contributed by atoms with E-state index in [1.54, 1.807) is 36.4 Å². The highest BCUT2D eigenvalue weighted by Gasteiger charge is 2.13. The van der Waals surface area contributed by atoms with Crippen LogP contribution in [0.2, 0.25) is 0 Å². The summed E-state index contributed by atoms with van der Waals surface area (Å²) < 4.78 is 13.3. The van der Waals surface area contributed by atoms with Crippen LogP contribution in [0.4, 0.5) is 4.39 Å². The Bertz CT molecular complexity index is 1130. The van der Waals surface area contributed by atoms with Gasteiger partial charge in [-0.2, -0.15) is 0 Å². The van der Waals surface area contributed by atoms with Gasteiger partial charge in [-0.3, -0.25) is 4.79 Å². The fraction of sp³-hybridized carbons (Fsp3) is 0.0500. The number of amides is 1. The molecule has 0 saturated carbocycles. The maximum atomic E-state index is 13.3. The second-order valence-corrected chi connectivity index (χ2v) is 6.34. The molecular formula is C20H18FN5O3. The fourth-order valence-corrected chi connectivity index (χ4v) is 2.86. The van der Waals surface area contributed by atoms with E-state index in [4.69, 9.17) is 22.4 Å². The second-order valence-electron chi connectivity index (χ2n) is 6.34. The van der Waals surface area contributed by atoms with E-state index in [0.29, 0.717) is 22.2 Å². The van der Waals surface area contributed by atoms with Crippen molar-refractivity contribution in [2.24, 2.45) is 17.3 Å². The van der Waals surface area contributed by atoms with Crippen molar-refractivity contribution < 1.29 is 19.1 Å². The predicted octanol–water partition coefficient (Wildman–Crippen LogP) is 1.70. The Kier molecular flexibility index (Phi) is 5.42. The Balaban J connectivity index is 2.06. The van der Waals surface area contributed by atoms with Crippen LogP contribution in [0.3, 0.4) is 0 Å². The largest absolute Gasteiger partial charge is 0.477 e. The second kappa shape index (κ2) is 7.95. The number of aromatic nitrogens is 1. The molecule has 0 radical (unpaired) electrons. The van der Waals surface area contributed by atoms with Crippen molar-refractivity contribution in [3.63, 3.8) is 0 Å². The van der Waals surface area contributed by atoms with Gasteiger partial charge in [0.25, 0.3) is 5.91 Å². The number of nitrogens with two attached hydrogens (primary N) is 3. The number of carboxylic acid groups (broad SMARTS) is 1. The third-order valence-electron chi connectivity index (χ3n) is 4.20. The van der Waals surface area contributed by atoms with Gasteiger partial charge < -0.3 is 21.6 Å². The number of fused-ring (bicyclic) bond motifs is 1. The Labute approximate surface area is 165 Å². The first kappa shape index (κ1) is 19.8. The number of primary amides is 1. The van der Waals surface area contributed by atoms with E-state index in [1.807, 2.05) is 0 Å². The molecule has 0 aliphatic rings. The van der Waals surface area contributed by atoms with Crippen molar-refractivity contribution in [3.8, 4) is 11.1 Å². The fourth-order valence-electron chi connectivity index (χ4n) is 2.86. The number of halogens is 1. The van der Waals surface area contributed by atoms with E-state index in [9.17, 15) is 14.0 Å². The van der Waals surface area contributed by atoms with Gasteiger partial charge >= 0.3 is 5.97 Å². The Morgan fingerprint density at radius 3 is 2.41 bits per heavy atom. The number of benzene rings is 2.